The van der Waals surface area contributed by atoms with Crippen molar-refractivity contribution in [3.05, 3.63) is 28.7 Å². The number of hydrogen-bond acceptors (Lipinski definition) is 4. The van der Waals surface area contributed by atoms with Crippen LogP contribution in [-0.2, 0) is 14.6 Å². The van der Waals surface area contributed by atoms with Gasteiger partial charge in [-0.1, -0.05) is 15.9 Å². The van der Waals surface area contributed by atoms with Crippen molar-refractivity contribution in [2.75, 3.05) is 19.6 Å². The lowest BCUT2D eigenvalue weighted by molar-refractivity contribution is -0.132. The van der Waals surface area contributed by atoms with E-state index in [0.29, 0.717) is 19.6 Å². The molecule has 1 aliphatic heterocycles. The Labute approximate surface area is 139 Å². The predicted octanol–water partition coefficient (Wildman–Crippen LogP) is 1.81. The van der Waals surface area contributed by atoms with Gasteiger partial charge in [0.25, 0.3) is 0 Å². The van der Waals surface area contributed by atoms with E-state index in [1.165, 1.54) is 26.0 Å². The van der Waals surface area contributed by atoms with Crippen molar-refractivity contribution in [1.29, 1.82) is 0 Å². The van der Waals surface area contributed by atoms with Crippen molar-refractivity contribution < 1.29 is 13.2 Å². The molecule has 1 heterocycles. The minimum atomic E-state index is -3.76. The van der Waals surface area contributed by atoms with Crippen LogP contribution in [0.2, 0.25) is 0 Å². The number of hydrogen-bond donors (Lipinski definition) is 1. The van der Waals surface area contributed by atoms with Crippen LogP contribution in [0.4, 0.5) is 0 Å². The molecule has 0 radical (unpaired) electrons. The molecular weight excluding hydrogens is 368 g/mol. The highest BCUT2D eigenvalue weighted by atomic mass is 79.9. The first-order valence-corrected chi connectivity index (χ1v) is 9.47. The lowest BCUT2D eigenvalue weighted by Gasteiger charge is -2.29. The van der Waals surface area contributed by atoms with Gasteiger partial charge in [0.15, 0.2) is 9.84 Å². The van der Waals surface area contributed by atoms with Gasteiger partial charge >= 0.3 is 0 Å². The molecule has 0 aliphatic carbocycles. The first-order chi connectivity index (χ1) is 10.2. The third-order valence-corrected chi connectivity index (χ3v) is 7.16. The second kappa shape index (κ2) is 6.29. The van der Waals surface area contributed by atoms with Crippen molar-refractivity contribution in [1.82, 2.24) is 4.90 Å². The zero-order valence-electron chi connectivity index (χ0n) is 12.8. The van der Waals surface area contributed by atoms with Crippen LogP contribution < -0.4 is 5.73 Å². The first-order valence-electron chi connectivity index (χ1n) is 7.20. The summed E-state index contributed by atoms with van der Waals surface area (Å²) < 4.78 is 25.0. The van der Waals surface area contributed by atoms with Gasteiger partial charge in [0, 0.05) is 17.6 Å². The molecule has 22 heavy (non-hydrogen) atoms. The maximum absolute atomic E-state index is 12.8. The SMILES string of the molecule is CC(C)(C(=O)N1CCC(CN)C1)S(=O)(=O)c1ccc(Br)cc1. The van der Waals surface area contributed by atoms with Crippen molar-refractivity contribution in [2.45, 2.75) is 29.9 Å². The Bertz CT molecular complexity index is 656. The van der Waals surface area contributed by atoms with Crippen LogP contribution in [0.1, 0.15) is 20.3 Å². The summed E-state index contributed by atoms with van der Waals surface area (Å²) in [5, 5.41) is 0. The third-order valence-electron chi connectivity index (χ3n) is 4.22. The minimum absolute atomic E-state index is 0.156. The molecule has 1 aromatic rings. The lowest BCUT2D eigenvalue weighted by Crippen LogP contribution is -2.49. The molecule has 0 aromatic heterocycles. The minimum Gasteiger partial charge on any atom is -0.341 e. The summed E-state index contributed by atoms with van der Waals surface area (Å²) in [4.78, 5) is 14.5. The third kappa shape index (κ3) is 3.07. The molecule has 1 amide bonds. The molecule has 2 N–H and O–H groups in total. The second-order valence-corrected chi connectivity index (χ2v) is 9.52. The summed E-state index contributed by atoms with van der Waals surface area (Å²) in [6, 6.07) is 6.35. The largest absolute Gasteiger partial charge is 0.341 e. The number of amides is 1. The van der Waals surface area contributed by atoms with Crippen molar-refractivity contribution in [2.24, 2.45) is 11.7 Å². The van der Waals surface area contributed by atoms with E-state index in [4.69, 9.17) is 5.73 Å². The molecular formula is C15H21BrN2O3S. The van der Waals surface area contributed by atoms with Crippen molar-refractivity contribution in [3.8, 4) is 0 Å². The standard InChI is InChI=1S/C15H21BrN2O3S/c1-15(2,14(19)18-8-7-11(9-17)10-18)22(20,21)13-5-3-12(16)4-6-13/h3-6,11H,7-10,17H2,1-2H3. The summed E-state index contributed by atoms with van der Waals surface area (Å²) in [6.07, 6.45) is 0.830. The highest BCUT2D eigenvalue weighted by Gasteiger charge is 2.46. The monoisotopic (exact) mass is 388 g/mol. The number of rotatable bonds is 4. The van der Waals surface area contributed by atoms with E-state index in [0.717, 1.165) is 10.9 Å². The maximum atomic E-state index is 12.8. The zero-order chi connectivity index (χ0) is 16.5. The molecule has 0 spiro atoms. The van der Waals surface area contributed by atoms with Gasteiger partial charge in [0.05, 0.1) is 4.90 Å². The van der Waals surface area contributed by atoms with Crippen LogP contribution in [0.5, 0.6) is 0 Å². The van der Waals surface area contributed by atoms with Gasteiger partial charge in [-0.25, -0.2) is 8.42 Å². The quantitative estimate of drug-likeness (QED) is 0.852. The number of benzene rings is 1. The molecule has 7 heteroatoms. The van der Waals surface area contributed by atoms with Crippen LogP contribution in [0, 0.1) is 5.92 Å². The van der Waals surface area contributed by atoms with E-state index >= 15 is 0 Å². The van der Waals surface area contributed by atoms with Gasteiger partial charge < -0.3 is 10.6 Å². The molecule has 0 saturated carbocycles. The summed E-state index contributed by atoms with van der Waals surface area (Å²) in [6.45, 7) is 4.57. The topological polar surface area (TPSA) is 80.5 Å². The molecule has 1 aliphatic rings. The van der Waals surface area contributed by atoms with Gasteiger partial charge in [-0.15, -0.1) is 0 Å². The molecule has 1 atom stereocenters. The molecule has 1 saturated heterocycles. The van der Waals surface area contributed by atoms with Gasteiger partial charge in [0.1, 0.15) is 4.75 Å². The van der Waals surface area contributed by atoms with E-state index in [2.05, 4.69) is 15.9 Å². The summed E-state index contributed by atoms with van der Waals surface area (Å²) >= 11 is 3.28. The number of halogens is 1. The molecule has 2 rings (SSSR count). The van der Waals surface area contributed by atoms with E-state index in [-0.39, 0.29) is 16.7 Å². The molecule has 1 aromatic carbocycles. The lowest BCUT2D eigenvalue weighted by atomic mass is 10.1. The van der Waals surface area contributed by atoms with E-state index in [1.54, 1.807) is 17.0 Å². The van der Waals surface area contributed by atoms with Crippen molar-refractivity contribution in [3.63, 3.8) is 0 Å². The van der Waals surface area contributed by atoms with Crippen molar-refractivity contribution >= 4 is 31.7 Å². The van der Waals surface area contributed by atoms with Crippen LogP contribution in [0.25, 0.3) is 0 Å². The average molecular weight is 389 g/mol. The number of carbonyl (C=O) groups excluding carboxylic acids is 1. The molecule has 5 nitrogen and oxygen atoms in total. The highest BCUT2D eigenvalue weighted by molar-refractivity contribution is 9.10. The van der Waals surface area contributed by atoms with Crippen LogP contribution in [0.15, 0.2) is 33.6 Å². The summed E-state index contributed by atoms with van der Waals surface area (Å²) in [5.74, 6) is -0.0958. The van der Waals surface area contributed by atoms with Gasteiger partial charge in [0.2, 0.25) is 5.91 Å². The Hall–Kier alpha value is -0.920. The molecule has 1 fully saturated rings. The Morgan fingerprint density at radius 3 is 2.45 bits per heavy atom. The van der Waals surface area contributed by atoms with Gasteiger partial charge in [-0.3, -0.25) is 4.79 Å². The maximum Gasteiger partial charge on any atom is 0.243 e. The van der Waals surface area contributed by atoms with Crippen LogP contribution >= 0.6 is 15.9 Å². The number of sulfone groups is 1. The fourth-order valence-electron chi connectivity index (χ4n) is 2.61. The number of nitrogens with zero attached hydrogens (tertiary/aromatic N) is 1. The fourth-order valence-corrected chi connectivity index (χ4v) is 4.32. The number of carbonyl (C=O) groups is 1. The zero-order valence-corrected chi connectivity index (χ0v) is 15.2. The van der Waals surface area contributed by atoms with E-state index in [1.807, 2.05) is 0 Å². The highest BCUT2D eigenvalue weighted by Crippen LogP contribution is 2.30. The van der Waals surface area contributed by atoms with Gasteiger partial charge in [-0.05, 0) is 57.0 Å². The van der Waals surface area contributed by atoms with E-state index < -0.39 is 14.6 Å². The molecule has 0 bridgehead atoms. The van der Waals surface area contributed by atoms with Gasteiger partial charge in [-0.2, -0.15) is 0 Å². The Balaban J connectivity index is 2.28. The van der Waals surface area contributed by atoms with E-state index in [9.17, 15) is 13.2 Å². The Morgan fingerprint density at radius 2 is 1.95 bits per heavy atom. The molecule has 122 valence electrons. The summed E-state index contributed by atoms with van der Waals surface area (Å²) in [7, 11) is -3.76. The fraction of sp³-hybridized carbons (Fsp3) is 0.533. The average Bonchev–Trinajstić information content (AvgIpc) is 2.95. The van der Waals surface area contributed by atoms with Crippen LogP contribution in [0.3, 0.4) is 0 Å². The number of likely N-dealkylation sites (tertiary alicyclic amines) is 1. The summed E-state index contributed by atoms with van der Waals surface area (Å²) in [5.41, 5.74) is 5.64. The smallest absolute Gasteiger partial charge is 0.243 e. The second-order valence-electron chi connectivity index (χ2n) is 6.11. The normalized spacial score (nSPS) is 19.5. The first kappa shape index (κ1) is 17.4. The number of nitrogens with two attached hydrogens (primary N) is 1. The Kier molecular flexibility index (Phi) is 4.99. The Morgan fingerprint density at radius 1 is 1.36 bits per heavy atom. The molecule has 1 unspecified atom stereocenters. The predicted molar refractivity (Wildman–Crippen MR) is 89.1 cm³/mol. The van der Waals surface area contributed by atoms with Crippen LogP contribution in [-0.4, -0.2) is 43.6 Å².